The Bertz CT molecular complexity index is 807. The molecule has 0 fully saturated rings. The molecule has 0 bridgehead atoms. The predicted molar refractivity (Wildman–Crippen MR) is 62.8 cm³/mol. The van der Waals surface area contributed by atoms with Gasteiger partial charge in [0.25, 0.3) is 0 Å². The van der Waals surface area contributed by atoms with Crippen LogP contribution in [0.4, 0.5) is 0 Å². The highest BCUT2D eigenvalue weighted by Crippen LogP contribution is 2.28. The highest BCUT2D eigenvalue weighted by Gasteiger charge is 2.33. The van der Waals surface area contributed by atoms with Crippen molar-refractivity contribution in [3.63, 3.8) is 0 Å². The van der Waals surface area contributed by atoms with Gasteiger partial charge in [0.1, 0.15) is 35.4 Å². The molecule has 6 nitrogen and oxygen atoms in total. The molecule has 0 aromatic heterocycles. The maximum absolute atomic E-state index is 12.1. The predicted octanol–water partition coefficient (Wildman–Crippen LogP) is 1.15. The summed E-state index contributed by atoms with van der Waals surface area (Å²) in [4.78, 5) is 24.1. The third-order valence-electron chi connectivity index (χ3n) is 2.82. The van der Waals surface area contributed by atoms with E-state index in [0.717, 1.165) is 12.1 Å². The van der Waals surface area contributed by atoms with Crippen LogP contribution in [0.5, 0.6) is 0 Å². The average Bonchev–Trinajstić information content (AvgIpc) is 2.48. The Labute approximate surface area is 113 Å². The average molecular weight is 258 g/mol. The molecular formula is C14H2N4O2. The van der Waals surface area contributed by atoms with Crippen LogP contribution >= 0.6 is 0 Å². The summed E-state index contributed by atoms with van der Waals surface area (Å²) in [6.07, 6.45) is 0. The molecule has 1 aliphatic carbocycles. The van der Waals surface area contributed by atoms with Gasteiger partial charge >= 0.3 is 0 Å². The lowest BCUT2D eigenvalue weighted by Crippen LogP contribution is -2.21. The van der Waals surface area contributed by atoms with Crippen LogP contribution in [0.15, 0.2) is 23.3 Å². The lowest BCUT2D eigenvalue weighted by Gasteiger charge is -2.14. The van der Waals surface area contributed by atoms with Gasteiger partial charge in [-0.25, -0.2) is 0 Å². The van der Waals surface area contributed by atoms with Crippen molar-refractivity contribution in [2.24, 2.45) is 0 Å². The fourth-order valence-corrected chi connectivity index (χ4v) is 1.87. The molecule has 0 saturated carbocycles. The van der Waals surface area contributed by atoms with Crippen molar-refractivity contribution in [3.8, 4) is 24.3 Å². The minimum Gasteiger partial charge on any atom is -0.288 e. The molecule has 90 valence electrons. The molecule has 0 N–H and O–H groups in total. The molecular weight excluding hydrogens is 256 g/mol. The number of carbonyl (C=O) groups is 2. The molecule has 20 heavy (non-hydrogen) atoms. The van der Waals surface area contributed by atoms with Crippen LogP contribution in [-0.4, -0.2) is 11.6 Å². The summed E-state index contributed by atoms with van der Waals surface area (Å²) in [5.74, 6) is -1.58. The Hall–Kier alpha value is -3.74. The smallest absolute Gasteiger partial charge is 0.205 e. The fourth-order valence-electron chi connectivity index (χ4n) is 1.87. The molecule has 1 aromatic carbocycles. The topological polar surface area (TPSA) is 129 Å². The number of nitriles is 4. The molecule has 0 atom stereocenters. The summed E-state index contributed by atoms with van der Waals surface area (Å²) in [6.45, 7) is 0. The number of hydrogen-bond acceptors (Lipinski definition) is 6. The van der Waals surface area contributed by atoms with Crippen LogP contribution < -0.4 is 0 Å². The molecule has 1 aliphatic rings. The first-order valence-corrected chi connectivity index (χ1v) is 5.21. The summed E-state index contributed by atoms with van der Waals surface area (Å²) in [5, 5.41) is 35.6. The van der Waals surface area contributed by atoms with Gasteiger partial charge in [-0.15, -0.1) is 0 Å². The Kier molecular flexibility index (Phi) is 2.86. The normalized spacial score (nSPS) is 12.8. The van der Waals surface area contributed by atoms with Crippen LogP contribution in [0.25, 0.3) is 0 Å². The zero-order valence-electron chi connectivity index (χ0n) is 9.76. The van der Waals surface area contributed by atoms with Crippen LogP contribution in [-0.2, 0) is 0 Å². The number of allylic oxidation sites excluding steroid dienone is 2. The van der Waals surface area contributed by atoms with Crippen molar-refractivity contribution < 1.29 is 9.59 Å². The highest BCUT2D eigenvalue weighted by molar-refractivity contribution is 6.30. The van der Waals surface area contributed by atoms with E-state index >= 15 is 0 Å². The number of rotatable bonds is 0. The van der Waals surface area contributed by atoms with Gasteiger partial charge in [0.2, 0.25) is 11.6 Å². The van der Waals surface area contributed by atoms with E-state index in [2.05, 4.69) is 0 Å². The first-order valence-electron chi connectivity index (χ1n) is 5.21. The Balaban J connectivity index is 2.87. The zero-order valence-corrected chi connectivity index (χ0v) is 9.76. The molecule has 2 rings (SSSR count). The Morgan fingerprint density at radius 3 is 1.25 bits per heavy atom. The molecule has 0 heterocycles. The van der Waals surface area contributed by atoms with Crippen molar-refractivity contribution in [2.75, 3.05) is 0 Å². The highest BCUT2D eigenvalue weighted by atomic mass is 16.1. The molecule has 0 radical (unpaired) electrons. The van der Waals surface area contributed by atoms with Crippen LogP contribution in [0.1, 0.15) is 31.8 Å². The number of fused-ring (bicyclic) bond motifs is 1. The van der Waals surface area contributed by atoms with E-state index in [4.69, 9.17) is 21.0 Å². The molecule has 0 aliphatic heterocycles. The number of benzene rings is 1. The lowest BCUT2D eigenvalue weighted by atomic mass is 9.83. The Morgan fingerprint density at radius 1 is 0.650 bits per heavy atom. The van der Waals surface area contributed by atoms with Gasteiger partial charge in [-0.1, -0.05) is 0 Å². The van der Waals surface area contributed by atoms with E-state index in [1.807, 2.05) is 0 Å². The first-order chi connectivity index (χ1) is 9.58. The van der Waals surface area contributed by atoms with Gasteiger partial charge in [0.05, 0.1) is 11.1 Å². The number of carbonyl (C=O) groups excluding carboxylic acids is 2. The monoisotopic (exact) mass is 258 g/mol. The summed E-state index contributed by atoms with van der Waals surface area (Å²) in [6, 6.07) is 8.74. The van der Waals surface area contributed by atoms with Crippen molar-refractivity contribution in [1.82, 2.24) is 0 Å². The van der Waals surface area contributed by atoms with Gasteiger partial charge in [0.15, 0.2) is 0 Å². The standard InChI is InChI=1S/C14H2N4O2/c15-3-7-1-9-10(2-8(7)4-16)14(20)12(6-18)11(5-17)13(9)19/h1-2H. The van der Waals surface area contributed by atoms with Gasteiger partial charge in [-0.2, -0.15) is 21.0 Å². The second-order valence-corrected chi connectivity index (χ2v) is 3.80. The second kappa shape index (κ2) is 4.50. The van der Waals surface area contributed by atoms with E-state index in [0.29, 0.717) is 0 Å². The summed E-state index contributed by atoms with van der Waals surface area (Å²) in [7, 11) is 0. The van der Waals surface area contributed by atoms with Crippen LogP contribution in [0.3, 0.4) is 0 Å². The molecule has 0 unspecified atom stereocenters. The van der Waals surface area contributed by atoms with Gasteiger partial charge in [-0.05, 0) is 12.1 Å². The quantitative estimate of drug-likeness (QED) is 0.686. The maximum atomic E-state index is 12.1. The van der Waals surface area contributed by atoms with Crippen molar-refractivity contribution in [2.45, 2.75) is 0 Å². The van der Waals surface area contributed by atoms with E-state index in [-0.39, 0.29) is 22.3 Å². The third kappa shape index (κ3) is 1.55. The van der Waals surface area contributed by atoms with Gasteiger partial charge in [-0.3, -0.25) is 9.59 Å². The third-order valence-corrected chi connectivity index (χ3v) is 2.82. The first kappa shape index (κ1) is 12.7. The molecule has 0 saturated heterocycles. The summed E-state index contributed by atoms with van der Waals surface area (Å²) < 4.78 is 0. The summed E-state index contributed by atoms with van der Waals surface area (Å²) >= 11 is 0. The SMILES string of the molecule is N#CC1=C(C#N)C(=O)c2cc(C#N)c(C#N)cc2C1=O. The minimum absolute atomic E-state index is 0.0647. The molecule has 0 amide bonds. The zero-order chi connectivity index (χ0) is 14.9. The number of hydrogen-bond donors (Lipinski definition) is 0. The van der Waals surface area contributed by atoms with Crippen molar-refractivity contribution >= 4 is 11.6 Å². The Morgan fingerprint density at radius 2 is 1.00 bits per heavy atom. The fraction of sp³-hybridized carbons (Fsp3) is 0. The summed E-state index contributed by atoms with van der Waals surface area (Å²) in [5.41, 5.74) is -1.49. The van der Waals surface area contributed by atoms with Crippen LogP contribution in [0, 0.1) is 45.3 Å². The van der Waals surface area contributed by atoms with Gasteiger partial charge < -0.3 is 0 Å². The van der Waals surface area contributed by atoms with E-state index < -0.39 is 22.7 Å². The van der Waals surface area contributed by atoms with Crippen LogP contribution in [0.2, 0.25) is 0 Å². The number of ketones is 2. The van der Waals surface area contributed by atoms with Gasteiger partial charge in [0, 0.05) is 11.1 Å². The van der Waals surface area contributed by atoms with E-state index in [1.165, 1.54) is 12.1 Å². The lowest BCUT2D eigenvalue weighted by molar-refractivity contribution is 0.0982. The van der Waals surface area contributed by atoms with Crippen molar-refractivity contribution in [3.05, 3.63) is 45.5 Å². The van der Waals surface area contributed by atoms with E-state index in [9.17, 15) is 9.59 Å². The van der Waals surface area contributed by atoms with E-state index in [1.54, 1.807) is 12.1 Å². The maximum Gasteiger partial charge on any atom is 0.205 e. The molecule has 1 aromatic rings. The largest absolute Gasteiger partial charge is 0.288 e. The van der Waals surface area contributed by atoms with Crippen molar-refractivity contribution in [1.29, 1.82) is 21.0 Å². The number of Topliss-reactive ketones (excluding diaryl/α,β-unsaturated/α-hetero) is 2. The molecule has 6 heteroatoms. The minimum atomic E-state index is -0.792. The molecule has 0 spiro atoms. The number of nitrogens with zero attached hydrogens (tertiary/aromatic N) is 4. The second-order valence-electron chi connectivity index (χ2n) is 3.80.